The third kappa shape index (κ3) is 3.25. The van der Waals surface area contributed by atoms with Gasteiger partial charge in [0.1, 0.15) is 22.7 Å². The van der Waals surface area contributed by atoms with Crippen molar-refractivity contribution in [3.05, 3.63) is 18.2 Å². The van der Waals surface area contributed by atoms with Gasteiger partial charge in [-0.25, -0.2) is 19.7 Å². The van der Waals surface area contributed by atoms with Gasteiger partial charge in [-0.2, -0.15) is 5.10 Å². The molecule has 4 rings (SSSR count). The van der Waals surface area contributed by atoms with E-state index in [2.05, 4.69) is 22.0 Å². The van der Waals surface area contributed by atoms with Gasteiger partial charge in [-0.3, -0.25) is 4.68 Å². The Morgan fingerprint density at radius 3 is 2.79 bits per heavy atom. The minimum Gasteiger partial charge on any atom is -0.465 e. The van der Waals surface area contributed by atoms with Crippen molar-refractivity contribution < 1.29 is 9.90 Å². The predicted molar refractivity (Wildman–Crippen MR) is 111 cm³/mol. The summed E-state index contributed by atoms with van der Waals surface area (Å²) in [4.78, 5) is 26.9. The molecule has 1 aliphatic heterocycles. The topological polar surface area (TPSA) is 102 Å². The van der Waals surface area contributed by atoms with Crippen molar-refractivity contribution in [1.82, 2.24) is 34.2 Å². The molecule has 0 bridgehead atoms. The zero-order chi connectivity index (χ0) is 20.7. The molecule has 10 heteroatoms. The normalized spacial score (nSPS) is 19.4. The molecule has 0 aliphatic carbocycles. The van der Waals surface area contributed by atoms with Crippen LogP contribution < -0.4 is 0 Å². The van der Waals surface area contributed by atoms with Crippen LogP contribution in [0.4, 0.5) is 4.79 Å². The lowest BCUT2D eigenvalue weighted by Gasteiger charge is -2.24. The number of aryl methyl sites for hydroxylation is 2. The zero-order valence-corrected chi connectivity index (χ0v) is 17.8. The molecule has 2 unspecified atom stereocenters. The summed E-state index contributed by atoms with van der Waals surface area (Å²) >= 11 is 1.61. The molecular weight excluding hydrogens is 390 g/mol. The van der Waals surface area contributed by atoms with Gasteiger partial charge in [0.05, 0.1) is 11.8 Å². The second kappa shape index (κ2) is 7.66. The first-order valence-electron chi connectivity index (χ1n) is 9.82. The van der Waals surface area contributed by atoms with Crippen LogP contribution in [0.1, 0.15) is 32.4 Å². The minimum atomic E-state index is -0.851. The second-order valence-electron chi connectivity index (χ2n) is 7.20. The Balaban J connectivity index is 1.72. The summed E-state index contributed by atoms with van der Waals surface area (Å²) in [5.74, 6) is 0.810. The average molecular weight is 416 g/mol. The van der Waals surface area contributed by atoms with Gasteiger partial charge >= 0.3 is 6.09 Å². The molecule has 29 heavy (non-hydrogen) atoms. The molecule has 0 spiro atoms. The van der Waals surface area contributed by atoms with Crippen LogP contribution in [0, 0.1) is 6.92 Å². The number of likely N-dealkylation sites (tertiary alicyclic amines) is 1. The lowest BCUT2D eigenvalue weighted by molar-refractivity contribution is 0.139. The summed E-state index contributed by atoms with van der Waals surface area (Å²) in [6.45, 7) is 7.49. The fourth-order valence-corrected chi connectivity index (χ4v) is 5.48. The molecule has 1 amide bonds. The Kier molecular flexibility index (Phi) is 5.20. The number of carbonyl (C=O) groups is 1. The van der Waals surface area contributed by atoms with Crippen LogP contribution in [0.5, 0.6) is 0 Å². The highest BCUT2D eigenvalue weighted by Gasteiger charge is 2.37. The molecule has 0 aromatic carbocycles. The Bertz CT molecular complexity index is 1060. The first-order valence-corrected chi connectivity index (χ1v) is 10.7. The van der Waals surface area contributed by atoms with Crippen LogP contribution >= 0.6 is 11.8 Å². The standard InChI is InChI=1S/C19H25N7O2S/c1-5-13-14(7-8-25(13)19(27)28)29-18-15-17(20-10-21-18)24(4)16(23-15)12-9-22-26(6-2)11(12)3/h9-10,13-14H,5-8H2,1-4H3,(H,27,28). The van der Waals surface area contributed by atoms with Crippen LogP contribution in [0.3, 0.4) is 0 Å². The molecule has 1 saturated heterocycles. The highest BCUT2D eigenvalue weighted by molar-refractivity contribution is 8.00. The van der Waals surface area contributed by atoms with Crippen molar-refractivity contribution in [3.63, 3.8) is 0 Å². The third-order valence-electron chi connectivity index (χ3n) is 5.68. The van der Waals surface area contributed by atoms with Gasteiger partial charge in [0.2, 0.25) is 0 Å². The fourth-order valence-electron chi connectivity index (χ4n) is 4.12. The SMILES string of the molecule is CCC1C(Sc2ncnc3c2nc(-c2cnn(CC)c2C)n3C)CCN1C(=O)O. The van der Waals surface area contributed by atoms with Crippen molar-refractivity contribution >= 4 is 29.0 Å². The van der Waals surface area contributed by atoms with Crippen molar-refractivity contribution in [3.8, 4) is 11.4 Å². The largest absolute Gasteiger partial charge is 0.465 e. The van der Waals surface area contributed by atoms with Gasteiger partial charge in [-0.15, -0.1) is 0 Å². The molecule has 3 aromatic heterocycles. The maximum absolute atomic E-state index is 11.5. The summed E-state index contributed by atoms with van der Waals surface area (Å²) < 4.78 is 3.92. The van der Waals surface area contributed by atoms with Gasteiger partial charge in [-0.05, 0) is 26.7 Å². The predicted octanol–water partition coefficient (Wildman–Crippen LogP) is 3.18. The van der Waals surface area contributed by atoms with Gasteiger partial charge in [0.15, 0.2) is 5.65 Å². The number of imidazole rings is 1. The van der Waals surface area contributed by atoms with Crippen molar-refractivity contribution in [2.24, 2.45) is 7.05 Å². The lowest BCUT2D eigenvalue weighted by atomic mass is 10.1. The summed E-state index contributed by atoms with van der Waals surface area (Å²) in [6, 6.07) is -0.0178. The van der Waals surface area contributed by atoms with Gasteiger partial charge in [0, 0.05) is 37.1 Å². The van der Waals surface area contributed by atoms with Crippen LogP contribution in [-0.2, 0) is 13.6 Å². The molecule has 0 saturated carbocycles. The van der Waals surface area contributed by atoms with E-state index in [1.165, 1.54) is 0 Å². The maximum atomic E-state index is 11.5. The minimum absolute atomic E-state index is 0.0178. The number of rotatable bonds is 5. The van der Waals surface area contributed by atoms with Crippen LogP contribution in [0.15, 0.2) is 17.6 Å². The number of hydrogen-bond donors (Lipinski definition) is 1. The van der Waals surface area contributed by atoms with Crippen molar-refractivity contribution in [2.45, 2.75) is 56.5 Å². The number of hydrogen-bond acceptors (Lipinski definition) is 6. The first kappa shape index (κ1) is 19.7. The Morgan fingerprint density at radius 2 is 2.14 bits per heavy atom. The highest BCUT2D eigenvalue weighted by atomic mass is 32.2. The molecule has 1 N–H and O–H groups in total. The van der Waals surface area contributed by atoms with Crippen LogP contribution in [-0.4, -0.2) is 63.2 Å². The van der Waals surface area contributed by atoms with E-state index in [1.54, 1.807) is 23.0 Å². The fraction of sp³-hybridized carbons (Fsp3) is 0.526. The summed E-state index contributed by atoms with van der Waals surface area (Å²) in [6.07, 6.45) is 4.14. The Labute approximate surface area is 173 Å². The van der Waals surface area contributed by atoms with Crippen LogP contribution in [0.2, 0.25) is 0 Å². The smallest absolute Gasteiger partial charge is 0.407 e. The van der Waals surface area contributed by atoms with Gasteiger partial charge in [0.25, 0.3) is 0 Å². The van der Waals surface area contributed by atoms with E-state index >= 15 is 0 Å². The van der Waals surface area contributed by atoms with E-state index in [-0.39, 0.29) is 11.3 Å². The zero-order valence-electron chi connectivity index (χ0n) is 17.0. The Hall–Kier alpha value is -2.62. The summed E-state index contributed by atoms with van der Waals surface area (Å²) in [5, 5.41) is 14.8. The van der Waals surface area contributed by atoms with E-state index in [9.17, 15) is 9.90 Å². The monoisotopic (exact) mass is 415 g/mol. The van der Waals surface area contributed by atoms with E-state index in [0.29, 0.717) is 6.54 Å². The maximum Gasteiger partial charge on any atom is 0.407 e. The molecule has 0 radical (unpaired) electrons. The number of amides is 1. The molecule has 1 aliphatic rings. The van der Waals surface area contributed by atoms with Gasteiger partial charge < -0.3 is 14.6 Å². The molecule has 3 aromatic rings. The third-order valence-corrected chi connectivity index (χ3v) is 7.05. The van der Waals surface area contributed by atoms with Gasteiger partial charge in [-0.1, -0.05) is 18.7 Å². The molecular formula is C19H25N7O2S. The number of carboxylic acid groups (broad SMARTS) is 1. The van der Waals surface area contributed by atoms with Crippen LogP contribution in [0.25, 0.3) is 22.6 Å². The van der Waals surface area contributed by atoms with Crippen molar-refractivity contribution in [1.29, 1.82) is 0 Å². The first-order chi connectivity index (χ1) is 14.0. The number of thioether (sulfide) groups is 1. The average Bonchev–Trinajstić information content (AvgIpc) is 3.38. The lowest BCUT2D eigenvalue weighted by Crippen LogP contribution is -2.37. The summed E-state index contributed by atoms with van der Waals surface area (Å²) in [5.41, 5.74) is 3.56. The summed E-state index contributed by atoms with van der Waals surface area (Å²) in [7, 11) is 1.95. The second-order valence-corrected chi connectivity index (χ2v) is 8.43. The molecule has 154 valence electrons. The number of aromatic nitrogens is 6. The highest BCUT2D eigenvalue weighted by Crippen LogP contribution is 2.38. The molecule has 9 nitrogen and oxygen atoms in total. The molecule has 4 heterocycles. The van der Waals surface area contributed by atoms with E-state index in [0.717, 1.165) is 52.7 Å². The number of fused-ring (bicyclic) bond motifs is 1. The molecule has 1 fully saturated rings. The number of nitrogens with zero attached hydrogens (tertiary/aromatic N) is 7. The van der Waals surface area contributed by atoms with E-state index in [4.69, 9.17) is 4.98 Å². The van der Waals surface area contributed by atoms with E-state index in [1.807, 2.05) is 36.3 Å². The molecule has 2 atom stereocenters. The Morgan fingerprint density at radius 1 is 1.34 bits per heavy atom. The quantitative estimate of drug-likeness (QED) is 0.639. The van der Waals surface area contributed by atoms with Crippen molar-refractivity contribution in [2.75, 3.05) is 6.54 Å². The van der Waals surface area contributed by atoms with E-state index < -0.39 is 6.09 Å².